The van der Waals surface area contributed by atoms with Crippen LogP contribution in [0.2, 0.25) is 0 Å². The molecule has 0 amide bonds. The molecule has 1 rings (SSSR count). The topological polar surface area (TPSA) is 46.5 Å². The predicted octanol–water partition coefficient (Wildman–Crippen LogP) is 8.64. The second-order valence-corrected chi connectivity index (χ2v) is 8.87. The zero-order valence-electron chi connectivity index (χ0n) is 19.9. The molecule has 0 heterocycles. The van der Waals surface area contributed by atoms with Crippen molar-refractivity contribution in [2.24, 2.45) is 0 Å². The third kappa shape index (κ3) is 12.2. The van der Waals surface area contributed by atoms with Gasteiger partial charge in [0.05, 0.1) is 12.2 Å². The third-order valence-electron chi connectivity index (χ3n) is 6.12. The van der Waals surface area contributed by atoms with E-state index in [0.717, 1.165) is 17.5 Å². The molecule has 0 aliphatic heterocycles. The minimum atomic E-state index is -0.898. The second kappa shape index (κ2) is 17.2. The number of aromatic carboxylic acids is 1. The molecular weight excluding hydrogens is 372 g/mol. The van der Waals surface area contributed by atoms with Gasteiger partial charge in [-0.05, 0) is 43.5 Å². The van der Waals surface area contributed by atoms with Gasteiger partial charge in [0.25, 0.3) is 0 Å². The molecule has 0 aromatic heterocycles. The average molecular weight is 419 g/mol. The van der Waals surface area contributed by atoms with Crippen molar-refractivity contribution in [1.29, 1.82) is 0 Å². The Balaban J connectivity index is 1.93. The first-order valence-electron chi connectivity index (χ1n) is 12.5. The van der Waals surface area contributed by atoms with Crippen LogP contribution in [0.4, 0.5) is 0 Å². The van der Waals surface area contributed by atoms with Crippen molar-refractivity contribution < 1.29 is 14.6 Å². The summed E-state index contributed by atoms with van der Waals surface area (Å²) in [5, 5.41) is 9.19. The molecule has 30 heavy (non-hydrogen) atoms. The van der Waals surface area contributed by atoms with Crippen LogP contribution in [0, 0.1) is 13.8 Å². The Labute approximate surface area is 185 Å². The lowest BCUT2D eigenvalue weighted by molar-refractivity contribution is 0.0696. The van der Waals surface area contributed by atoms with Crippen LogP contribution in [-0.2, 0) is 0 Å². The van der Waals surface area contributed by atoms with Gasteiger partial charge in [0.2, 0.25) is 0 Å². The molecule has 0 fully saturated rings. The number of carboxylic acids is 1. The van der Waals surface area contributed by atoms with Gasteiger partial charge < -0.3 is 9.84 Å². The molecule has 0 bridgehead atoms. The first-order chi connectivity index (χ1) is 14.6. The van der Waals surface area contributed by atoms with E-state index in [9.17, 15) is 9.90 Å². The summed E-state index contributed by atoms with van der Waals surface area (Å²) in [6.07, 6.45) is 21.7. The van der Waals surface area contributed by atoms with Gasteiger partial charge >= 0.3 is 5.97 Å². The number of carboxylic acid groups (broad SMARTS) is 1. The molecule has 3 nitrogen and oxygen atoms in total. The quantitative estimate of drug-likeness (QED) is 0.229. The number of hydrogen-bond donors (Lipinski definition) is 1. The summed E-state index contributed by atoms with van der Waals surface area (Å²) in [5.74, 6) is -0.182. The lowest BCUT2D eigenvalue weighted by Crippen LogP contribution is -2.03. The Bertz CT molecular complexity index is 580. The molecule has 0 saturated carbocycles. The van der Waals surface area contributed by atoms with Gasteiger partial charge in [-0.2, -0.15) is 0 Å². The van der Waals surface area contributed by atoms with Crippen LogP contribution in [0.3, 0.4) is 0 Å². The molecule has 0 saturated heterocycles. The molecular formula is C27H46O3. The van der Waals surface area contributed by atoms with E-state index in [4.69, 9.17) is 4.74 Å². The normalized spacial score (nSPS) is 11.0. The molecule has 1 aromatic carbocycles. The van der Waals surface area contributed by atoms with Crippen LogP contribution in [0.15, 0.2) is 12.1 Å². The van der Waals surface area contributed by atoms with Crippen molar-refractivity contribution in [2.75, 3.05) is 6.61 Å². The van der Waals surface area contributed by atoms with E-state index < -0.39 is 5.97 Å². The maximum absolute atomic E-state index is 11.2. The molecule has 172 valence electrons. The highest BCUT2D eigenvalue weighted by Gasteiger charge is 2.10. The van der Waals surface area contributed by atoms with Crippen molar-refractivity contribution >= 4 is 5.97 Å². The van der Waals surface area contributed by atoms with Crippen molar-refractivity contribution in [3.8, 4) is 5.75 Å². The molecule has 0 aliphatic rings. The number of unbranched alkanes of at least 4 members (excludes halogenated alkanes) is 15. The molecule has 0 spiro atoms. The molecule has 0 atom stereocenters. The zero-order chi connectivity index (χ0) is 22.0. The van der Waals surface area contributed by atoms with Crippen LogP contribution in [0.5, 0.6) is 5.75 Å². The highest BCUT2D eigenvalue weighted by molar-refractivity contribution is 5.88. The van der Waals surface area contributed by atoms with Crippen LogP contribution in [-0.4, -0.2) is 17.7 Å². The summed E-state index contributed by atoms with van der Waals surface area (Å²) in [5.41, 5.74) is 2.31. The van der Waals surface area contributed by atoms with Gasteiger partial charge in [0, 0.05) is 0 Å². The van der Waals surface area contributed by atoms with Crippen molar-refractivity contribution in [2.45, 2.75) is 124 Å². The Hall–Kier alpha value is -1.51. The van der Waals surface area contributed by atoms with Gasteiger partial charge in [-0.1, -0.05) is 103 Å². The molecule has 1 aromatic rings. The van der Waals surface area contributed by atoms with E-state index in [1.54, 1.807) is 12.1 Å². The molecule has 0 unspecified atom stereocenters. The maximum Gasteiger partial charge on any atom is 0.335 e. The molecule has 0 aliphatic carbocycles. The largest absolute Gasteiger partial charge is 0.493 e. The Morgan fingerprint density at radius 2 is 1.17 bits per heavy atom. The Morgan fingerprint density at radius 3 is 1.60 bits per heavy atom. The van der Waals surface area contributed by atoms with Crippen LogP contribution in [0.1, 0.15) is 131 Å². The first-order valence-corrected chi connectivity index (χ1v) is 12.5. The summed E-state index contributed by atoms with van der Waals surface area (Å²) in [6.45, 7) is 6.87. The molecule has 1 N–H and O–H groups in total. The van der Waals surface area contributed by atoms with E-state index in [-0.39, 0.29) is 0 Å². The van der Waals surface area contributed by atoms with Crippen LogP contribution >= 0.6 is 0 Å². The van der Waals surface area contributed by atoms with E-state index >= 15 is 0 Å². The lowest BCUT2D eigenvalue weighted by atomic mass is 10.0. The van der Waals surface area contributed by atoms with Crippen molar-refractivity contribution in [1.82, 2.24) is 0 Å². The van der Waals surface area contributed by atoms with E-state index in [2.05, 4.69) is 6.92 Å². The predicted molar refractivity (Wildman–Crippen MR) is 128 cm³/mol. The summed E-state index contributed by atoms with van der Waals surface area (Å²) in [4.78, 5) is 11.2. The van der Waals surface area contributed by atoms with E-state index in [1.807, 2.05) is 13.8 Å². The number of rotatable bonds is 19. The van der Waals surface area contributed by atoms with Crippen molar-refractivity contribution in [3.05, 3.63) is 28.8 Å². The fraction of sp³-hybridized carbons (Fsp3) is 0.741. The SMILES string of the molecule is CCCCCCCCCCCCCCCCCCOc1cc(C(=O)O)cc(C)c1C. The monoisotopic (exact) mass is 418 g/mol. The fourth-order valence-electron chi connectivity index (χ4n) is 3.93. The van der Waals surface area contributed by atoms with E-state index in [0.29, 0.717) is 17.9 Å². The van der Waals surface area contributed by atoms with Gasteiger partial charge in [0.1, 0.15) is 5.75 Å². The highest BCUT2D eigenvalue weighted by atomic mass is 16.5. The highest BCUT2D eigenvalue weighted by Crippen LogP contribution is 2.24. The molecule has 3 heteroatoms. The van der Waals surface area contributed by atoms with Gasteiger partial charge in [0.15, 0.2) is 0 Å². The first kappa shape index (κ1) is 26.5. The van der Waals surface area contributed by atoms with Crippen LogP contribution < -0.4 is 4.74 Å². The zero-order valence-corrected chi connectivity index (χ0v) is 19.9. The number of carbonyl (C=O) groups is 1. The number of aryl methyl sites for hydroxylation is 1. The van der Waals surface area contributed by atoms with Gasteiger partial charge in [-0.3, -0.25) is 0 Å². The summed E-state index contributed by atoms with van der Waals surface area (Å²) >= 11 is 0. The summed E-state index contributed by atoms with van der Waals surface area (Å²) < 4.78 is 5.86. The standard InChI is InChI=1S/C27H46O3/c1-4-5-6-7-8-9-10-11-12-13-14-15-16-17-18-19-20-30-26-22-25(27(28)29)21-23(2)24(26)3/h21-22H,4-20H2,1-3H3,(H,28,29). The average Bonchev–Trinajstić information content (AvgIpc) is 2.72. The number of benzene rings is 1. The smallest absolute Gasteiger partial charge is 0.335 e. The minimum absolute atomic E-state index is 0.306. The molecule has 0 radical (unpaired) electrons. The summed E-state index contributed by atoms with van der Waals surface area (Å²) in [6, 6.07) is 3.36. The van der Waals surface area contributed by atoms with Crippen molar-refractivity contribution in [3.63, 3.8) is 0 Å². The van der Waals surface area contributed by atoms with Crippen LogP contribution in [0.25, 0.3) is 0 Å². The van der Waals surface area contributed by atoms with E-state index in [1.165, 1.54) is 96.3 Å². The van der Waals surface area contributed by atoms with Gasteiger partial charge in [-0.15, -0.1) is 0 Å². The maximum atomic E-state index is 11.2. The Morgan fingerprint density at radius 1 is 0.733 bits per heavy atom. The lowest BCUT2D eigenvalue weighted by Gasteiger charge is -2.12. The minimum Gasteiger partial charge on any atom is -0.493 e. The summed E-state index contributed by atoms with van der Waals surface area (Å²) in [7, 11) is 0. The Kier molecular flexibility index (Phi) is 15.2. The fourth-order valence-corrected chi connectivity index (χ4v) is 3.93. The third-order valence-corrected chi connectivity index (χ3v) is 6.12. The number of ether oxygens (including phenoxy) is 1. The van der Waals surface area contributed by atoms with Gasteiger partial charge in [-0.25, -0.2) is 4.79 Å². The number of hydrogen-bond acceptors (Lipinski definition) is 2. The second-order valence-electron chi connectivity index (χ2n) is 8.87.